The van der Waals surface area contributed by atoms with Gasteiger partial charge in [0.15, 0.2) is 6.61 Å². The molecule has 0 aliphatic carbocycles. The lowest BCUT2D eigenvalue weighted by Gasteiger charge is -2.27. The number of hydrogen-bond donors (Lipinski definition) is 1. The summed E-state index contributed by atoms with van der Waals surface area (Å²) in [5, 5.41) is 4.89. The van der Waals surface area contributed by atoms with E-state index >= 15 is 0 Å². The molecule has 2 amide bonds. The molecule has 0 saturated heterocycles. The van der Waals surface area contributed by atoms with Gasteiger partial charge < -0.3 is 15.0 Å². The first-order chi connectivity index (χ1) is 13.1. The number of nitrogens with one attached hydrogen (secondary N) is 1. The summed E-state index contributed by atoms with van der Waals surface area (Å²) >= 11 is 0. The highest BCUT2D eigenvalue weighted by molar-refractivity contribution is 6.04. The van der Waals surface area contributed by atoms with Gasteiger partial charge in [0.05, 0.1) is 11.4 Å². The summed E-state index contributed by atoms with van der Waals surface area (Å²) in [4.78, 5) is 26.7. The molecule has 1 heterocycles. The molecule has 27 heavy (non-hydrogen) atoms. The van der Waals surface area contributed by atoms with E-state index in [1.807, 2.05) is 67.6 Å². The number of amides is 2. The number of fused-ring (bicyclic) bond motifs is 2. The quantitative estimate of drug-likeness (QED) is 0.768. The second kappa shape index (κ2) is 7.11. The molecule has 3 aromatic rings. The topological polar surface area (TPSA) is 58.6 Å². The van der Waals surface area contributed by atoms with Crippen LogP contribution in [0.15, 0.2) is 66.7 Å². The minimum absolute atomic E-state index is 0.0964. The number of benzene rings is 3. The molecule has 4 rings (SSSR count). The van der Waals surface area contributed by atoms with E-state index in [9.17, 15) is 9.59 Å². The molecule has 1 aliphatic rings. The third-order valence-corrected chi connectivity index (χ3v) is 4.73. The predicted octanol–water partition coefficient (Wildman–Crippen LogP) is 3.98. The van der Waals surface area contributed by atoms with Gasteiger partial charge in [-0.1, -0.05) is 48.5 Å². The normalized spacial score (nSPS) is 16.4. The first-order valence-electron chi connectivity index (χ1n) is 8.95. The maximum atomic E-state index is 13.0. The fraction of sp³-hybridized carbons (Fsp3) is 0.182. The fourth-order valence-electron chi connectivity index (χ4n) is 3.50. The van der Waals surface area contributed by atoms with E-state index in [4.69, 9.17) is 4.74 Å². The van der Waals surface area contributed by atoms with Crippen molar-refractivity contribution in [3.63, 3.8) is 0 Å². The van der Waals surface area contributed by atoms with Crippen LogP contribution in [0, 0.1) is 0 Å². The molecule has 0 saturated carbocycles. The van der Waals surface area contributed by atoms with Gasteiger partial charge in [0.2, 0.25) is 5.91 Å². The molecular weight excluding hydrogens is 340 g/mol. The van der Waals surface area contributed by atoms with Crippen molar-refractivity contribution in [2.24, 2.45) is 0 Å². The standard InChI is InChI=1S/C22H20N2O3/c1-15-13-21(25)23-18-10-4-5-11-19(18)24(15)22(26)14-27-20-12-6-8-16-7-2-3-9-17(16)20/h2-12,15H,13-14H2,1H3,(H,23,25)/t15-/m1/s1. The van der Waals surface area contributed by atoms with Gasteiger partial charge >= 0.3 is 0 Å². The minimum atomic E-state index is -0.253. The fourth-order valence-corrected chi connectivity index (χ4v) is 3.50. The molecular formula is C22H20N2O3. The number of para-hydroxylation sites is 2. The van der Waals surface area contributed by atoms with Crippen molar-refractivity contribution >= 4 is 34.0 Å². The van der Waals surface area contributed by atoms with Crippen LogP contribution in [0.4, 0.5) is 11.4 Å². The molecule has 1 aliphatic heterocycles. The second-order valence-electron chi connectivity index (χ2n) is 6.65. The Labute approximate surface area is 157 Å². The van der Waals surface area contributed by atoms with Gasteiger partial charge in [0.1, 0.15) is 5.75 Å². The van der Waals surface area contributed by atoms with Crippen molar-refractivity contribution in [1.29, 1.82) is 0 Å². The van der Waals surface area contributed by atoms with Gasteiger partial charge in [-0.15, -0.1) is 0 Å². The zero-order valence-corrected chi connectivity index (χ0v) is 15.0. The Bertz CT molecular complexity index is 1010. The Morgan fingerprint density at radius 3 is 2.70 bits per heavy atom. The third kappa shape index (κ3) is 3.36. The Morgan fingerprint density at radius 1 is 1.07 bits per heavy atom. The van der Waals surface area contributed by atoms with E-state index in [2.05, 4.69) is 5.32 Å². The summed E-state index contributed by atoms with van der Waals surface area (Å²) in [6.45, 7) is 1.78. The molecule has 5 heteroatoms. The van der Waals surface area contributed by atoms with Crippen LogP contribution in [0.3, 0.4) is 0 Å². The molecule has 0 bridgehead atoms. The van der Waals surface area contributed by atoms with Crippen LogP contribution >= 0.6 is 0 Å². The van der Waals surface area contributed by atoms with Crippen LogP contribution in [-0.4, -0.2) is 24.5 Å². The highest BCUT2D eigenvalue weighted by atomic mass is 16.5. The van der Waals surface area contributed by atoms with Crippen LogP contribution < -0.4 is 15.0 Å². The summed E-state index contributed by atoms with van der Waals surface area (Å²) in [5.74, 6) is 0.394. The predicted molar refractivity (Wildman–Crippen MR) is 106 cm³/mol. The lowest BCUT2D eigenvalue weighted by atomic mass is 10.1. The van der Waals surface area contributed by atoms with Crippen LogP contribution in [0.5, 0.6) is 5.75 Å². The summed E-state index contributed by atoms with van der Waals surface area (Å²) in [7, 11) is 0. The monoisotopic (exact) mass is 360 g/mol. The molecule has 0 spiro atoms. The number of ether oxygens (including phenoxy) is 1. The molecule has 1 atom stereocenters. The minimum Gasteiger partial charge on any atom is -0.483 e. The van der Waals surface area contributed by atoms with Crippen molar-refractivity contribution in [2.45, 2.75) is 19.4 Å². The van der Waals surface area contributed by atoms with Gasteiger partial charge in [-0.25, -0.2) is 0 Å². The first-order valence-corrected chi connectivity index (χ1v) is 8.95. The zero-order chi connectivity index (χ0) is 18.8. The van der Waals surface area contributed by atoms with Crippen molar-refractivity contribution in [3.8, 4) is 5.75 Å². The van der Waals surface area contributed by atoms with Gasteiger partial charge in [0, 0.05) is 17.8 Å². The van der Waals surface area contributed by atoms with Gasteiger partial charge in [0.25, 0.3) is 5.91 Å². The Hall–Kier alpha value is -3.34. The van der Waals surface area contributed by atoms with Gasteiger partial charge in [-0.05, 0) is 30.5 Å². The molecule has 0 aromatic heterocycles. The van der Waals surface area contributed by atoms with E-state index in [1.54, 1.807) is 11.0 Å². The van der Waals surface area contributed by atoms with Crippen LogP contribution in [0.25, 0.3) is 10.8 Å². The number of rotatable bonds is 3. The number of anilines is 2. The summed E-state index contributed by atoms with van der Waals surface area (Å²) < 4.78 is 5.87. The van der Waals surface area contributed by atoms with Gasteiger partial charge in [-0.3, -0.25) is 9.59 Å². The van der Waals surface area contributed by atoms with E-state index in [0.717, 1.165) is 10.8 Å². The molecule has 3 aromatic carbocycles. The number of hydrogen-bond acceptors (Lipinski definition) is 3. The highest BCUT2D eigenvalue weighted by Gasteiger charge is 2.29. The Balaban J connectivity index is 1.59. The molecule has 1 N–H and O–H groups in total. The maximum Gasteiger partial charge on any atom is 0.265 e. The summed E-state index contributed by atoms with van der Waals surface area (Å²) in [6.07, 6.45) is 0.245. The van der Waals surface area contributed by atoms with E-state index in [1.165, 1.54) is 0 Å². The Kier molecular flexibility index (Phi) is 4.50. The van der Waals surface area contributed by atoms with E-state index < -0.39 is 0 Å². The third-order valence-electron chi connectivity index (χ3n) is 4.73. The zero-order valence-electron chi connectivity index (χ0n) is 15.0. The average molecular weight is 360 g/mol. The first kappa shape index (κ1) is 17.1. The van der Waals surface area contributed by atoms with Crippen molar-refractivity contribution in [2.75, 3.05) is 16.8 Å². The van der Waals surface area contributed by atoms with E-state index in [-0.39, 0.29) is 30.9 Å². The molecule has 0 fully saturated rings. The lowest BCUT2D eigenvalue weighted by molar-refractivity contribution is -0.121. The summed E-state index contributed by atoms with van der Waals surface area (Å²) in [5.41, 5.74) is 1.34. The lowest BCUT2D eigenvalue weighted by Crippen LogP contribution is -2.41. The van der Waals surface area contributed by atoms with Crippen LogP contribution in [0.2, 0.25) is 0 Å². The molecule has 5 nitrogen and oxygen atoms in total. The SMILES string of the molecule is C[C@@H]1CC(=O)Nc2ccccc2N1C(=O)COc1cccc2ccccc12. The highest BCUT2D eigenvalue weighted by Crippen LogP contribution is 2.31. The number of nitrogens with zero attached hydrogens (tertiary/aromatic N) is 1. The summed E-state index contributed by atoms with van der Waals surface area (Å²) in [6, 6.07) is 20.8. The second-order valence-corrected chi connectivity index (χ2v) is 6.65. The largest absolute Gasteiger partial charge is 0.483 e. The van der Waals surface area contributed by atoms with Crippen molar-refractivity contribution < 1.29 is 14.3 Å². The van der Waals surface area contributed by atoms with Crippen molar-refractivity contribution in [1.82, 2.24) is 0 Å². The van der Waals surface area contributed by atoms with Crippen molar-refractivity contribution in [3.05, 3.63) is 66.7 Å². The van der Waals surface area contributed by atoms with Crippen LogP contribution in [-0.2, 0) is 9.59 Å². The number of carbonyl (C=O) groups excluding carboxylic acids is 2. The van der Waals surface area contributed by atoms with Crippen LogP contribution in [0.1, 0.15) is 13.3 Å². The average Bonchev–Trinajstić information content (AvgIpc) is 2.80. The molecule has 136 valence electrons. The van der Waals surface area contributed by atoms with E-state index in [0.29, 0.717) is 17.1 Å². The number of carbonyl (C=O) groups is 2. The molecule has 0 radical (unpaired) electrons. The smallest absolute Gasteiger partial charge is 0.265 e. The maximum absolute atomic E-state index is 13.0. The molecule has 0 unspecified atom stereocenters. The Morgan fingerprint density at radius 2 is 1.81 bits per heavy atom. The van der Waals surface area contributed by atoms with Gasteiger partial charge in [-0.2, -0.15) is 0 Å².